The van der Waals surface area contributed by atoms with Gasteiger partial charge in [0.25, 0.3) is 0 Å². The molecule has 9 heteroatoms. The van der Waals surface area contributed by atoms with Crippen LogP contribution in [0.25, 0.3) is 11.5 Å². The zero-order valence-electron chi connectivity index (χ0n) is 21.0. The number of rotatable bonds is 9. The number of hydrogen-bond acceptors (Lipinski definition) is 8. The molecule has 4 rings (SSSR count). The minimum absolute atomic E-state index is 0.0999. The first kappa shape index (κ1) is 24.8. The quantitative estimate of drug-likeness (QED) is 0.281. The third-order valence-corrected chi connectivity index (χ3v) is 6.66. The molecule has 8 nitrogen and oxygen atoms in total. The summed E-state index contributed by atoms with van der Waals surface area (Å²) in [4.78, 5) is 0. The van der Waals surface area contributed by atoms with Gasteiger partial charge in [-0.2, -0.15) is 0 Å². The largest absolute Gasteiger partial charge is 0.493 e. The molecule has 0 spiro atoms. The van der Waals surface area contributed by atoms with Crippen molar-refractivity contribution in [2.45, 2.75) is 57.0 Å². The summed E-state index contributed by atoms with van der Waals surface area (Å²) in [6.45, 7) is 9.42. The molecule has 0 aliphatic heterocycles. The number of thioether (sulfide) groups is 1. The molecular formula is C26H31N5O3S. The second-order valence-corrected chi connectivity index (χ2v) is 10.1. The van der Waals surface area contributed by atoms with E-state index in [1.807, 2.05) is 30.3 Å². The van der Waals surface area contributed by atoms with Crippen LogP contribution in [-0.4, -0.2) is 39.2 Å². The highest BCUT2D eigenvalue weighted by atomic mass is 32.2. The standard InChI is InChI=1S/C26H31N5O3S/c1-7-31-22(15-17-8-13-20(32-5)21(14-17)33-6)27-30-25(31)35-16-23-28-29-24(34-23)18-9-11-19(12-10-18)26(2,3)4/h8-14H,7,15-16H2,1-6H3. The summed E-state index contributed by atoms with van der Waals surface area (Å²) < 4.78 is 18.8. The topological polar surface area (TPSA) is 88.1 Å². The van der Waals surface area contributed by atoms with E-state index >= 15 is 0 Å². The fourth-order valence-electron chi connectivity index (χ4n) is 3.72. The fourth-order valence-corrected chi connectivity index (χ4v) is 4.57. The van der Waals surface area contributed by atoms with Crippen LogP contribution < -0.4 is 9.47 Å². The number of benzene rings is 2. The molecule has 0 unspecified atom stereocenters. The van der Waals surface area contributed by atoms with Crippen molar-refractivity contribution in [3.05, 3.63) is 65.3 Å². The van der Waals surface area contributed by atoms with E-state index in [1.54, 1.807) is 14.2 Å². The van der Waals surface area contributed by atoms with Gasteiger partial charge in [-0.3, -0.25) is 0 Å². The molecule has 0 N–H and O–H groups in total. The van der Waals surface area contributed by atoms with Gasteiger partial charge in [0, 0.05) is 18.5 Å². The van der Waals surface area contributed by atoms with Gasteiger partial charge in [-0.1, -0.05) is 50.7 Å². The summed E-state index contributed by atoms with van der Waals surface area (Å²) in [7, 11) is 3.26. The van der Waals surface area contributed by atoms with Crippen LogP contribution in [0.4, 0.5) is 0 Å². The normalized spacial score (nSPS) is 11.6. The Kier molecular flexibility index (Phi) is 7.45. The van der Waals surface area contributed by atoms with E-state index < -0.39 is 0 Å². The lowest BCUT2D eigenvalue weighted by atomic mass is 9.87. The molecule has 2 aromatic heterocycles. The second-order valence-electron chi connectivity index (χ2n) is 9.13. The first-order valence-corrected chi connectivity index (χ1v) is 12.5. The lowest BCUT2D eigenvalue weighted by molar-refractivity contribution is 0.354. The van der Waals surface area contributed by atoms with E-state index in [1.165, 1.54) is 17.3 Å². The van der Waals surface area contributed by atoms with Crippen LogP contribution in [0.5, 0.6) is 11.5 Å². The maximum absolute atomic E-state index is 5.91. The Hall–Kier alpha value is -3.33. The highest BCUT2D eigenvalue weighted by Gasteiger charge is 2.17. The molecule has 0 bridgehead atoms. The molecule has 0 aliphatic carbocycles. The van der Waals surface area contributed by atoms with E-state index in [0.29, 0.717) is 35.5 Å². The maximum atomic E-state index is 5.91. The van der Waals surface area contributed by atoms with Crippen LogP contribution in [-0.2, 0) is 24.1 Å². The predicted molar refractivity (Wildman–Crippen MR) is 136 cm³/mol. The Labute approximate surface area is 210 Å². The Morgan fingerprint density at radius 1 is 0.914 bits per heavy atom. The van der Waals surface area contributed by atoms with Gasteiger partial charge in [0.15, 0.2) is 16.7 Å². The first-order valence-electron chi connectivity index (χ1n) is 11.5. The smallest absolute Gasteiger partial charge is 0.247 e. The second kappa shape index (κ2) is 10.5. The van der Waals surface area contributed by atoms with Crippen LogP contribution >= 0.6 is 11.8 Å². The third kappa shape index (κ3) is 5.67. The summed E-state index contributed by atoms with van der Waals surface area (Å²) in [5.74, 6) is 3.87. The minimum atomic E-state index is 0.0999. The summed E-state index contributed by atoms with van der Waals surface area (Å²) in [5.41, 5.74) is 3.35. The molecule has 0 fully saturated rings. The highest BCUT2D eigenvalue weighted by Crippen LogP contribution is 2.30. The zero-order valence-corrected chi connectivity index (χ0v) is 21.8. The van der Waals surface area contributed by atoms with Gasteiger partial charge >= 0.3 is 0 Å². The van der Waals surface area contributed by atoms with Crippen molar-refractivity contribution in [1.82, 2.24) is 25.0 Å². The van der Waals surface area contributed by atoms with E-state index in [-0.39, 0.29) is 5.41 Å². The van der Waals surface area contributed by atoms with Gasteiger partial charge in [-0.25, -0.2) is 0 Å². The molecular weight excluding hydrogens is 462 g/mol. The lowest BCUT2D eigenvalue weighted by Crippen LogP contribution is -2.10. The molecule has 0 saturated heterocycles. The first-order chi connectivity index (χ1) is 16.8. The molecule has 35 heavy (non-hydrogen) atoms. The van der Waals surface area contributed by atoms with Crippen molar-refractivity contribution in [2.24, 2.45) is 0 Å². The molecule has 184 valence electrons. The number of methoxy groups -OCH3 is 2. The summed E-state index contributed by atoms with van der Waals surface area (Å²) in [5, 5.41) is 18.1. The van der Waals surface area contributed by atoms with Crippen LogP contribution in [0, 0.1) is 0 Å². The summed E-state index contributed by atoms with van der Waals surface area (Å²) >= 11 is 1.53. The number of aromatic nitrogens is 5. The Morgan fingerprint density at radius 3 is 2.31 bits per heavy atom. The van der Waals surface area contributed by atoms with Gasteiger partial charge in [-0.15, -0.1) is 20.4 Å². The molecule has 4 aromatic rings. The Balaban J connectivity index is 1.43. The molecule has 0 saturated carbocycles. The average Bonchev–Trinajstić information content (AvgIpc) is 3.49. The lowest BCUT2D eigenvalue weighted by Gasteiger charge is -2.18. The van der Waals surface area contributed by atoms with Crippen molar-refractivity contribution in [2.75, 3.05) is 14.2 Å². The fraction of sp³-hybridized carbons (Fsp3) is 0.385. The van der Waals surface area contributed by atoms with Crippen molar-refractivity contribution >= 4 is 11.8 Å². The van der Waals surface area contributed by atoms with Crippen LogP contribution in [0.2, 0.25) is 0 Å². The summed E-state index contributed by atoms with van der Waals surface area (Å²) in [6, 6.07) is 14.2. The predicted octanol–water partition coefficient (Wildman–Crippen LogP) is 5.55. The van der Waals surface area contributed by atoms with Crippen molar-refractivity contribution in [3.8, 4) is 23.0 Å². The SMILES string of the molecule is CCn1c(Cc2ccc(OC)c(OC)c2)nnc1SCc1nnc(-c2ccc(C(C)(C)C)cc2)o1. The average molecular weight is 494 g/mol. The van der Waals surface area contributed by atoms with Gasteiger partial charge < -0.3 is 18.5 Å². The van der Waals surface area contributed by atoms with Gasteiger partial charge in [-0.05, 0) is 47.7 Å². The van der Waals surface area contributed by atoms with E-state index in [9.17, 15) is 0 Å². The van der Waals surface area contributed by atoms with Crippen LogP contribution in [0.1, 0.15) is 50.5 Å². The molecule has 0 amide bonds. The number of hydrogen-bond donors (Lipinski definition) is 0. The number of nitrogens with zero attached hydrogens (tertiary/aromatic N) is 5. The Morgan fingerprint density at radius 2 is 1.66 bits per heavy atom. The van der Waals surface area contributed by atoms with Gasteiger partial charge in [0.05, 0.1) is 20.0 Å². The monoisotopic (exact) mass is 493 g/mol. The number of ether oxygens (including phenoxy) is 2. The van der Waals surface area contributed by atoms with Gasteiger partial charge in [0.2, 0.25) is 11.8 Å². The van der Waals surface area contributed by atoms with Crippen molar-refractivity contribution in [1.29, 1.82) is 0 Å². The van der Waals surface area contributed by atoms with Crippen LogP contribution in [0.3, 0.4) is 0 Å². The molecule has 2 aromatic carbocycles. The zero-order chi connectivity index (χ0) is 25.0. The van der Waals surface area contributed by atoms with Crippen molar-refractivity contribution < 1.29 is 13.9 Å². The van der Waals surface area contributed by atoms with Gasteiger partial charge in [0.1, 0.15) is 5.82 Å². The van der Waals surface area contributed by atoms with E-state index in [0.717, 1.165) is 28.7 Å². The van der Waals surface area contributed by atoms with E-state index in [4.69, 9.17) is 13.9 Å². The molecule has 2 heterocycles. The van der Waals surface area contributed by atoms with Crippen molar-refractivity contribution in [3.63, 3.8) is 0 Å². The molecule has 0 radical (unpaired) electrons. The third-order valence-electron chi connectivity index (χ3n) is 5.71. The highest BCUT2D eigenvalue weighted by molar-refractivity contribution is 7.98. The maximum Gasteiger partial charge on any atom is 0.247 e. The molecule has 0 aliphatic rings. The minimum Gasteiger partial charge on any atom is -0.493 e. The van der Waals surface area contributed by atoms with Crippen LogP contribution in [0.15, 0.2) is 52.0 Å². The van der Waals surface area contributed by atoms with E-state index in [2.05, 4.69) is 64.8 Å². The Bertz CT molecular complexity index is 1280. The summed E-state index contributed by atoms with van der Waals surface area (Å²) in [6.07, 6.45) is 0.636. The molecule has 0 atom stereocenters.